The summed E-state index contributed by atoms with van der Waals surface area (Å²) in [5, 5.41) is 1.85. The van der Waals surface area contributed by atoms with E-state index < -0.39 is 0 Å². The zero-order chi connectivity index (χ0) is 12.3. The minimum absolute atomic E-state index is 0.0218. The van der Waals surface area contributed by atoms with Gasteiger partial charge < -0.3 is 4.74 Å². The third-order valence-corrected chi connectivity index (χ3v) is 3.74. The van der Waals surface area contributed by atoms with Crippen LogP contribution in [0.25, 0.3) is 0 Å². The number of benzene rings is 1. The van der Waals surface area contributed by atoms with Gasteiger partial charge in [-0.15, -0.1) is 11.3 Å². The van der Waals surface area contributed by atoms with Crippen molar-refractivity contribution >= 4 is 33.0 Å². The van der Waals surface area contributed by atoms with Crippen molar-refractivity contribution in [3.05, 3.63) is 50.6 Å². The van der Waals surface area contributed by atoms with Crippen molar-refractivity contribution in [1.29, 1.82) is 0 Å². The van der Waals surface area contributed by atoms with Crippen LogP contribution in [0.15, 0.2) is 39.5 Å². The summed E-state index contributed by atoms with van der Waals surface area (Å²) < 4.78 is 6.34. The summed E-state index contributed by atoms with van der Waals surface area (Å²) in [4.78, 5) is 12.1. The third kappa shape index (κ3) is 2.96. The molecule has 0 N–H and O–H groups in total. The molecule has 2 rings (SSSR count). The second-order valence-corrected chi connectivity index (χ2v) is 5.72. The van der Waals surface area contributed by atoms with Gasteiger partial charge >= 0.3 is 0 Å². The maximum atomic E-state index is 12.1. The number of rotatable bonds is 4. The van der Waals surface area contributed by atoms with E-state index in [1.54, 1.807) is 12.1 Å². The number of thiophene rings is 1. The molecule has 0 aliphatic rings. The van der Waals surface area contributed by atoms with Crippen molar-refractivity contribution in [2.75, 3.05) is 6.61 Å². The third-order valence-electron chi connectivity index (χ3n) is 2.24. The first-order valence-corrected chi connectivity index (χ1v) is 6.89. The summed E-state index contributed by atoms with van der Waals surface area (Å²) in [6, 6.07) is 9.09. The number of ether oxygens (including phenoxy) is 1. The molecule has 2 aromatic rings. The van der Waals surface area contributed by atoms with Crippen LogP contribution in [0.5, 0.6) is 5.75 Å². The molecule has 4 heteroatoms. The monoisotopic (exact) mass is 310 g/mol. The van der Waals surface area contributed by atoms with Gasteiger partial charge in [0, 0.05) is 16.5 Å². The molecule has 0 radical (unpaired) electrons. The van der Waals surface area contributed by atoms with Crippen LogP contribution in [0.1, 0.15) is 22.8 Å². The Labute approximate surface area is 112 Å². The van der Waals surface area contributed by atoms with Gasteiger partial charge in [0.25, 0.3) is 0 Å². The van der Waals surface area contributed by atoms with Gasteiger partial charge in [-0.3, -0.25) is 4.79 Å². The van der Waals surface area contributed by atoms with Crippen molar-refractivity contribution in [1.82, 2.24) is 0 Å². The zero-order valence-corrected chi connectivity index (χ0v) is 11.7. The van der Waals surface area contributed by atoms with E-state index in [9.17, 15) is 4.79 Å². The molecule has 0 unspecified atom stereocenters. The second-order valence-electron chi connectivity index (χ2n) is 3.43. The summed E-state index contributed by atoms with van der Waals surface area (Å²) in [6.07, 6.45) is 0. The molecule has 0 saturated carbocycles. The van der Waals surface area contributed by atoms with Crippen LogP contribution in [0.3, 0.4) is 0 Å². The SMILES string of the molecule is CCOc1cccc(C(=O)c2csc(Br)c2)c1. The predicted molar refractivity (Wildman–Crippen MR) is 73.1 cm³/mol. The Kier molecular flexibility index (Phi) is 3.97. The minimum Gasteiger partial charge on any atom is -0.494 e. The van der Waals surface area contributed by atoms with Gasteiger partial charge in [0.1, 0.15) is 5.75 Å². The first-order chi connectivity index (χ1) is 8.20. The number of halogens is 1. The molecule has 0 bridgehead atoms. The van der Waals surface area contributed by atoms with E-state index in [-0.39, 0.29) is 5.78 Å². The van der Waals surface area contributed by atoms with Crippen molar-refractivity contribution < 1.29 is 9.53 Å². The fraction of sp³-hybridized carbons (Fsp3) is 0.154. The first-order valence-electron chi connectivity index (χ1n) is 5.22. The second kappa shape index (κ2) is 5.47. The van der Waals surface area contributed by atoms with E-state index in [0.717, 1.165) is 9.54 Å². The Bertz CT molecular complexity index is 534. The van der Waals surface area contributed by atoms with E-state index in [4.69, 9.17) is 4.74 Å². The molecule has 88 valence electrons. The van der Waals surface area contributed by atoms with Gasteiger partial charge in [0.2, 0.25) is 0 Å². The number of ketones is 1. The van der Waals surface area contributed by atoms with Crippen LogP contribution in [0, 0.1) is 0 Å². The molecular formula is C13H11BrO2S. The molecule has 1 heterocycles. The lowest BCUT2D eigenvalue weighted by Crippen LogP contribution is -2.00. The highest BCUT2D eigenvalue weighted by Gasteiger charge is 2.11. The predicted octanol–water partition coefficient (Wildman–Crippen LogP) is 4.14. The van der Waals surface area contributed by atoms with Crippen LogP contribution in [-0.2, 0) is 0 Å². The largest absolute Gasteiger partial charge is 0.494 e. The Hall–Kier alpha value is -1.13. The summed E-state index contributed by atoms with van der Waals surface area (Å²) >= 11 is 4.86. The quantitative estimate of drug-likeness (QED) is 0.793. The highest BCUT2D eigenvalue weighted by atomic mass is 79.9. The van der Waals surface area contributed by atoms with Crippen molar-refractivity contribution in [2.45, 2.75) is 6.92 Å². The summed E-state index contributed by atoms with van der Waals surface area (Å²) in [5.41, 5.74) is 1.36. The lowest BCUT2D eigenvalue weighted by Gasteiger charge is -2.04. The molecule has 0 fully saturated rings. The van der Waals surface area contributed by atoms with E-state index in [2.05, 4.69) is 15.9 Å². The van der Waals surface area contributed by atoms with Gasteiger partial charge in [0.05, 0.1) is 10.4 Å². The molecule has 1 aromatic carbocycles. The van der Waals surface area contributed by atoms with Gasteiger partial charge in [-0.2, -0.15) is 0 Å². The van der Waals surface area contributed by atoms with Crippen molar-refractivity contribution in [2.24, 2.45) is 0 Å². The molecule has 0 spiro atoms. The molecule has 1 aromatic heterocycles. The molecule has 0 atom stereocenters. The molecule has 0 saturated heterocycles. The zero-order valence-electron chi connectivity index (χ0n) is 9.27. The van der Waals surface area contributed by atoms with E-state index in [0.29, 0.717) is 17.7 Å². The van der Waals surface area contributed by atoms with Crippen LogP contribution in [0.2, 0.25) is 0 Å². The topological polar surface area (TPSA) is 26.3 Å². The first kappa shape index (κ1) is 12.3. The molecule has 0 aliphatic carbocycles. The van der Waals surface area contributed by atoms with Gasteiger partial charge in [-0.25, -0.2) is 0 Å². The smallest absolute Gasteiger partial charge is 0.194 e. The molecular weight excluding hydrogens is 300 g/mol. The van der Waals surface area contributed by atoms with Gasteiger partial charge in [-0.05, 0) is 41.1 Å². The number of carbonyl (C=O) groups excluding carboxylic acids is 1. The Balaban J connectivity index is 2.27. The van der Waals surface area contributed by atoms with Crippen molar-refractivity contribution in [3.8, 4) is 5.75 Å². The van der Waals surface area contributed by atoms with Crippen LogP contribution >= 0.6 is 27.3 Å². The average Bonchev–Trinajstić information content (AvgIpc) is 2.76. The highest BCUT2D eigenvalue weighted by molar-refractivity contribution is 9.11. The Morgan fingerprint density at radius 3 is 2.82 bits per heavy atom. The average molecular weight is 311 g/mol. The summed E-state index contributed by atoms with van der Waals surface area (Å²) in [6.45, 7) is 2.52. The maximum absolute atomic E-state index is 12.1. The molecule has 17 heavy (non-hydrogen) atoms. The lowest BCUT2D eigenvalue weighted by atomic mass is 10.1. The minimum atomic E-state index is 0.0218. The number of hydrogen-bond donors (Lipinski definition) is 0. The Morgan fingerprint density at radius 1 is 1.35 bits per heavy atom. The van der Waals surface area contributed by atoms with Crippen LogP contribution in [-0.4, -0.2) is 12.4 Å². The normalized spacial score (nSPS) is 10.2. The van der Waals surface area contributed by atoms with E-state index in [1.165, 1.54) is 11.3 Å². The Morgan fingerprint density at radius 2 is 2.18 bits per heavy atom. The van der Waals surface area contributed by atoms with Crippen LogP contribution < -0.4 is 4.74 Å². The fourth-order valence-electron chi connectivity index (χ4n) is 1.49. The van der Waals surface area contributed by atoms with E-state index in [1.807, 2.05) is 30.5 Å². The highest BCUT2D eigenvalue weighted by Crippen LogP contribution is 2.24. The van der Waals surface area contributed by atoms with Gasteiger partial charge in [-0.1, -0.05) is 12.1 Å². The molecule has 0 aliphatic heterocycles. The maximum Gasteiger partial charge on any atom is 0.194 e. The number of hydrogen-bond acceptors (Lipinski definition) is 3. The van der Waals surface area contributed by atoms with Crippen molar-refractivity contribution in [3.63, 3.8) is 0 Å². The number of carbonyl (C=O) groups is 1. The summed E-state index contributed by atoms with van der Waals surface area (Å²) in [5.74, 6) is 0.751. The van der Waals surface area contributed by atoms with E-state index >= 15 is 0 Å². The standard InChI is InChI=1S/C13H11BrO2S/c1-2-16-11-5-3-4-9(6-11)13(15)10-7-12(14)17-8-10/h3-8H,2H2,1H3. The fourth-order valence-corrected chi connectivity index (χ4v) is 2.63. The summed E-state index contributed by atoms with van der Waals surface area (Å²) in [7, 11) is 0. The lowest BCUT2D eigenvalue weighted by molar-refractivity contribution is 0.103. The van der Waals surface area contributed by atoms with Gasteiger partial charge in [0.15, 0.2) is 5.78 Å². The molecule has 2 nitrogen and oxygen atoms in total. The molecule has 0 amide bonds. The van der Waals surface area contributed by atoms with Crippen LogP contribution in [0.4, 0.5) is 0 Å².